The van der Waals surface area contributed by atoms with E-state index in [2.05, 4.69) is 41.2 Å². The summed E-state index contributed by atoms with van der Waals surface area (Å²) in [4.78, 5) is 0. The van der Waals surface area contributed by atoms with Gasteiger partial charge in [0, 0.05) is 11.6 Å². The minimum absolute atomic E-state index is 0.597. The molecule has 1 atom stereocenters. The molecule has 3 heteroatoms. The van der Waals surface area contributed by atoms with E-state index in [-0.39, 0.29) is 0 Å². The molecule has 18 heavy (non-hydrogen) atoms. The number of halogens is 1. The molecule has 1 aliphatic heterocycles. The largest absolute Gasteiger partial charge is 0.495 e. The Bertz CT molecular complexity index is 425. The Morgan fingerprint density at radius 1 is 1.39 bits per heavy atom. The van der Waals surface area contributed by atoms with E-state index in [4.69, 9.17) is 4.74 Å². The van der Waals surface area contributed by atoms with Crippen LogP contribution in [-0.4, -0.2) is 19.7 Å². The number of hydrogen-bond acceptors (Lipinski definition) is 2. The molecule has 1 aromatic rings. The Morgan fingerprint density at radius 3 is 2.78 bits per heavy atom. The molecule has 0 radical (unpaired) electrons. The van der Waals surface area contributed by atoms with E-state index in [0.717, 1.165) is 23.2 Å². The molecule has 1 aromatic carbocycles. The first kappa shape index (κ1) is 13.9. The van der Waals surface area contributed by atoms with Gasteiger partial charge in [0.25, 0.3) is 0 Å². The van der Waals surface area contributed by atoms with Gasteiger partial charge < -0.3 is 10.1 Å². The summed E-state index contributed by atoms with van der Waals surface area (Å²) in [6, 6.07) is 2.74. The van der Waals surface area contributed by atoms with Gasteiger partial charge in [0.15, 0.2) is 0 Å². The molecule has 1 N–H and O–H groups in total. The van der Waals surface area contributed by atoms with E-state index in [1.54, 1.807) is 7.11 Å². The van der Waals surface area contributed by atoms with Gasteiger partial charge in [-0.3, -0.25) is 0 Å². The normalized spacial score (nSPS) is 19.9. The van der Waals surface area contributed by atoms with Crippen LogP contribution in [-0.2, 0) is 6.42 Å². The number of nitrogens with one attached hydrogen (secondary N) is 1. The minimum atomic E-state index is 0.597. The van der Waals surface area contributed by atoms with E-state index in [1.165, 1.54) is 36.0 Å². The summed E-state index contributed by atoms with van der Waals surface area (Å²) in [6.45, 7) is 5.51. The zero-order chi connectivity index (χ0) is 13.1. The number of hydrogen-bond donors (Lipinski definition) is 1. The van der Waals surface area contributed by atoms with Crippen molar-refractivity contribution in [3.63, 3.8) is 0 Å². The molecule has 2 rings (SSSR count). The van der Waals surface area contributed by atoms with Gasteiger partial charge in [-0.15, -0.1) is 0 Å². The average Bonchev–Trinajstić information content (AvgIpc) is 2.37. The molecular weight excluding hydrogens is 290 g/mol. The molecule has 0 bridgehead atoms. The molecule has 0 aromatic heterocycles. The van der Waals surface area contributed by atoms with Crippen LogP contribution in [0.5, 0.6) is 5.75 Å². The second-order valence-electron chi connectivity index (χ2n) is 5.16. The highest BCUT2D eigenvalue weighted by Crippen LogP contribution is 2.35. The van der Waals surface area contributed by atoms with Gasteiger partial charge in [0.2, 0.25) is 0 Å². The highest BCUT2D eigenvalue weighted by molar-refractivity contribution is 9.10. The van der Waals surface area contributed by atoms with Crippen molar-refractivity contribution >= 4 is 15.9 Å². The van der Waals surface area contributed by atoms with Gasteiger partial charge in [0.1, 0.15) is 5.75 Å². The molecule has 1 saturated heterocycles. The molecule has 100 valence electrons. The predicted molar refractivity (Wildman–Crippen MR) is 79.5 cm³/mol. The fraction of sp³-hybridized carbons (Fsp3) is 0.600. The molecule has 0 aliphatic carbocycles. The lowest BCUT2D eigenvalue weighted by molar-refractivity contribution is 0.379. The lowest BCUT2D eigenvalue weighted by Crippen LogP contribution is -2.35. The highest BCUT2D eigenvalue weighted by atomic mass is 79.9. The van der Waals surface area contributed by atoms with Crippen LogP contribution in [0.1, 0.15) is 36.0 Å². The van der Waals surface area contributed by atoms with Gasteiger partial charge in [-0.25, -0.2) is 0 Å². The molecule has 0 spiro atoms. The Labute approximate surface area is 118 Å². The summed E-state index contributed by atoms with van der Waals surface area (Å²) in [6.07, 6.45) is 4.99. The van der Waals surface area contributed by atoms with Crippen molar-refractivity contribution in [2.45, 2.75) is 45.6 Å². The second kappa shape index (κ2) is 6.07. The van der Waals surface area contributed by atoms with Gasteiger partial charge in [-0.05, 0) is 72.8 Å². The molecule has 1 unspecified atom stereocenters. The molecule has 2 nitrogen and oxygen atoms in total. The van der Waals surface area contributed by atoms with E-state index in [1.807, 2.05) is 0 Å². The van der Waals surface area contributed by atoms with Gasteiger partial charge >= 0.3 is 0 Å². The topological polar surface area (TPSA) is 21.3 Å². The summed E-state index contributed by atoms with van der Waals surface area (Å²) >= 11 is 3.61. The van der Waals surface area contributed by atoms with Crippen LogP contribution in [0.15, 0.2) is 10.5 Å². The van der Waals surface area contributed by atoms with Crippen molar-refractivity contribution in [2.24, 2.45) is 0 Å². The van der Waals surface area contributed by atoms with Crippen molar-refractivity contribution in [3.05, 3.63) is 27.2 Å². The minimum Gasteiger partial charge on any atom is -0.495 e. The third kappa shape index (κ3) is 2.89. The van der Waals surface area contributed by atoms with Gasteiger partial charge in [-0.1, -0.05) is 6.42 Å². The number of ether oxygens (including phenoxy) is 1. The predicted octanol–water partition coefficient (Wildman–Crippen LogP) is 3.76. The van der Waals surface area contributed by atoms with E-state index >= 15 is 0 Å². The Balaban J connectivity index is 2.29. The Hall–Kier alpha value is -0.540. The van der Waals surface area contributed by atoms with Crippen LogP contribution >= 0.6 is 15.9 Å². The number of benzene rings is 1. The Kier molecular flexibility index (Phi) is 4.68. The molecule has 1 fully saturated rings. The smallest absolute Gasteiger partial charge is 0.136 e. The summed E-state index contributed by atoms with van der Waals surface area (Å²) in [5, 5.41) is 3.61. The fourth-order valence-corrected chi connectivity index (χ4v) is 3.47. The molecule has 0 amide bonds. The van der Waals surface area contributed by atoms with Crippen LogP contribution in [0.2, 0.25) is 0 Å². The van der Waals surface area contributed by atoms with Crippen LogP contribution in [0.4, 0.5) is 0 Å². The second-order valence-corrected chi connectivity index (χ2v) is 6.02. The van der Waals surface area contributed by atoms with Crippen LogP contribution in [0.25, 0.3) is 0 Å². The number of methoxy groups -OCH3 is 1. The number of rotatable bonds is 3. The number of piperidine rings is 1. The third-order valence-corrected chi connectivity index (χ3v) is 4.53. The first-order valence-corrected chi connectivity index (χ1v) is 7.48. The molecule has 1 aliphatic rings. The Morgan fingerprint density at radius 2 is 2.17 bits per heavy atom. The zero-order valence-electron chi connectivity index (χ0n) is 11.5. The van der Waals surface area contributed by atoms with Gasteiger partial charge in [-0.2, -0.15) is 0 Å². The molecule has 1 heterocycles. The van der Waals surface area contributed by atoms with E-state index in [9.17, 15) is 0 Å². The first-order chi connectivity index (χ1) is 8.63. The van der Waals surface area contributed by atoms with E-state index < -0.39 is 0 Å². The van der Waals surface area contributed by atoms with Gasteiger partial charge in [0.05, 0.1) is 11.6 Å². The van der Waals surface area contributed by atoms with Crippen molar-refractivity contribution < 1.29 is 4.74 Å². The monoisotopic (exact) mass is 311 g/mol. The summed E-state index contributed by atoms with van der Waals surface area (Å²) in [7, 11) is 1.76. The summed E-state index contributed by atoms with van der Waals surface area (Å²) in [5.74, 6) is 1.01. The zero-order valence-corrected chi connectivity index (χ0v) is 13.1. The quantitative estimate of drug-likeness (QED) is 0.917. The maximum Gasteiger partial charge on any atom is 0.136 e. The van der Waals surface area contributed by atoms with E-state index in [0.29, 0.717) is 6.04 Å². The maximum absolute atomic E-state index is 5.58. The summed E-state index contributed by atoms with van der Waals surface area (Å²) < 4.78 is 6.65. The average molecular weight is 312 g/mol. The maximum atomic E-state index is 5.58. The molecular formula is C15H22BrNO. The summed E-state index contributed by atoms with van der Waals surface area (Å²) in [5.41, 5.74) is 4.04. The van der Waals surface area contributed by atoms with Crippen LogP contribution < -0.4 is 10.1 Å². The SMILES string of the molecule is COc1c(Br)cc(C)c(C)c1CC1CCCCN1. The highest BCUT2D eigenvalue weighted by Gasteiger charge is 2.19. The van der Waals surface area contributed by atoms with Crippen molar-refractivity contribution in [2.75, 3.05) is 13.7 Å². The number of aryl methyl sites for hydroxylation is 1. The van der Waals surface area contributed by atoms with Crippen LogP contribution in [0.3, 0.4) is 0 Å². The lowest BCUT2D eigenvalue weighted by Gasteiger charge is -2.26. The lowest BCUT2D eigenvalue weighted by atomic mass is 9.93. The standard InChI is InChI=1S/C15H22BrNO/c1-10-8-14(16)15(18-3)13(11(10)2)9-12-6-4-5-7-17-12/h8,12,17H,4-7,9H2,1-3H3. The van der Waals surface area contributed by atoms with Crippen molar-refractivity contribution in [3.8, 4) is 5.75 Å². The first-order valence-electron chi connectivity index (χ1n) is 6.69. The molecule has 0 saturated carbocycles. The third-order valence-electron chi connectivity index (χ3n) is 3.95. The van der Waals surface area contributed by atoms with Crippen LogP contribution in [0, 0.1) is 13.8 Å². The van der Waals surface area contributed by atoms with Crippen molar-refractivity contribution in [1.82, 2.24) is 5.32 Å². The van der Waals surface area contributed by atoms with Crippen molar-refractivity contribution in [1.29, 1.82) is 0 Å². The fourth-order valence-electron chi connectivity index (χ4n) is 2.73.